The largest absolute Gasteiger partial charge is 0.326 e. The van der Waals surface area contributed by atoms with Gasteiger partial charge in [0.1, 0.15) is 6.29 Å². The lowest BCUT2D eigenvalue weighted by atomic mass is 10.2. The molecular weight excluding hydrogens is 258 g/mol. The third-order valence-corrected chi connectivity index (χ3v) is 3.65. The molecule has 2 rings (SSSR count). The minimum absolute atomic E-state index is 0.0143. The molecular formula is C15H15NO2S. The second-order valence-corrected chi connectivity index (χ2v) is 5.26. The van der Waals surface area contributed by atoms with E-state index in [1.54, 1.807) is 35.6 Å². The molecule has 0 atom stereocenters. The third-order valence-electron chi connectivity index (χ3n) is 2.71. The number of nitrogens with one attached hydrogen (secondary N) is 1. The Morgan fingerprint density at radius 2 is 2.16 bits per heavy atom. The Morgan fingerprint density at radius 3 is 2.89 bits per heavy atom. The van der Waals surface area contributed by atoms with Gasteiger partial charge in [-0.1, -0.05) is 18.2 Å². The van der Waals surface area contributed by atoms with Crippen molar-refractivity contribution in [1.82, 2.24) is 0 Å². The van der Waals surface area contributed by atoms with E-state index in [0.29, 0.717) is 17.7 Å². The second-order valence-electron chi connectivity index (χ2n) is 4.22. The average molecular weight is 273 g/mol. The number of amides is 1. The lowest BCUT2D eigenvalue weighted by molar-refractivity contribution is -0.116. The summed E-state index contributed by atoms with van der Waals surface area (Å²) < 4.78 is 0. The van der Waals surface area contributed by atoms with Gasteiger partial charge in [-0.3, -0.25) is 9.59 Å². The number of benzene rings is 1. The highest BCUT2D eigenvalue weighted by Gasteiger charge is 2.03. The molecule has 98 valence electrons. The summed E-state index contributed by atoms with van der Waals surface area (Å²) in [6.45, 7) is 0. The van der Waals surface area contributed by atoms with Crippen LogP contribution in [0.25, 0.3) is 0 Å². The molecule has 1 heterocycles. The molecule has 0 aliphatic heterocycles. The summed E-state index contributed by atoms with van der Waals surface area (Å²) >= 11 is 1.71. The molecule has 19 heavy (non-hydrogen) atoms. The first kappa shape index (κ1) is 13.5. The second kappa shape index (κ2) is 6.85. The highest BCUT2D eigenvalue weighted by Crippen LogP contribution is 2.13. The van der Waals surface area contributed by atoms with Crippen molar-refractivity contribution in [2.45, 2.75) is 19.3 Å². The molecule has 0 spiro atoms. The van der Waals surface area contributed by atoms with Gasteiger partial charge in [-0.2, -0.15) is 0 Å². The van der Waals surface area contributed by atoms with E-state index in [1.165, 1.54) is 4.88 Å². The van der Waals surface area contributed by atoms with Crippen LogP contribution in [-0.4, -0.2) is 12.2 Å². The summed E-state index contributed by atoms with van der Waals surface area (Å²) in [7, 11) is 0. The van der Waals surface area contributed by atoms with Crippen LogP contribution >= 0.6 is 11.3 Å². The number of aldehydes is 1. The molecule has 3 nitrogen and oxygen atoms in total. The van der Waals surface area contributed by atoms with Gasteiger partial charge in [0.05, 0.1) is 0 Å². The number of thiophene rings is 1. The van der Waals surface area contributed by atoms with Crippen LogP contribution in [0.15, 0.2) is 41.8 Å². The Hall–Kier alpha value is -1.94. The molecule has 2 aromatic rings. The monoisotopic (exact) mass is 273 g/mol. The number of carbonyl (C=O) groups excluding carboxylic acids is 2. The van der Waals surface area contributed by atoms with E-state index in [0.717, 1.165) is 19.1 Å². The van der Waals surface area contributed by atoms with E-state index in [-0.39, 0.29) is 5.91 Å². The van der Waals surface area contributed by atoms with Crippen LogP contribution in [0.3, 0.4) is 0 Å². The molecule has 0 aliphatic carbocycles. The van der Waals surface area contributed by atoms with Gasteiger partial charge < -0.3 is 5.32 Å². The smallest absolute Gasteiger partial charge is 0.224 e. The van der Waals surface area contributed by atoms with Crippen LogP contribution in [0.2, 0.25) is 0 Å². The zero-order chi connectivity index (χ0) is 13.5. The third kappa shape index (κ3) is 4.34. The molecule has 0 bridgehead atoms. The van der Waals surface area contributed by atoms with Crippen LogP contribution in [0.4, 0.5) is 5.69 Å². The fourth-order valence-electron chi connectivity index (χ4n) is 1.79. The predicted octanol–water partition coefficient (Wildman–Crippen LogP) is 3.52. The first-order valence-corrected chi connectivity index (χ1v) is 7.03. The highest BCUT2D eigenvalue weighted by atomic mass is 32.1. The van der Waals surface area contributed by atoms with Crippen LogP contribution in [-0.2, 0) is 11.2 Å². The highest BCUT2D eigenvalue weighted by molar-refractivity contribution is 7.09. The normalized spacial score (nSPS) is 10.1. The molecule has 1 amide bonds. The van der Waals surface area contributed by atoms with E-state index in [1.807, 2.05) is 11.4 Å². The first-order chi connectivity index (χ1) is 9.28. The SMILES string of the molecule is O=Cc1cccc(NC(=O)CCCc2cccs2)c1. The Kier molecular flexibility index (Phi) is 4.86. The van der Waals surface area contributed by atoms with Gasteiger partial charge in [-0.05, 0) is 36.4 Å². The van der Waals surface area contributed by atoms with E-state index >= 15 is 0 Å². The van der Waals surface area contributed by atoms with E-state index < -0.39 is 0 Å². The van der Waals surface area contributed by atoms with Gasteiger partial charge in [0.25, 0.3) is 0 Å². The van der Waals surface area contributed by atoms with Gasteiger partial charge in [0.15, 0.2) is 0 Å². The summed E-state index contributed by atoms with van der Waals surface area (Å²) in [5, 5.41) is 4.84. The lowest BCUT2D eigenvalue weighted by Gasteiger charge is -2.05. The zero-order valence-corrected chi connectivity index (χ0v) is 11.3. The molecule has 4 heteroatoms. The zero-order valence-electron chi connectivity index (χ0n) is 10.5. The molecule has 1 aromatic heterocycles. The summed E-state index contributed by atoms with van der Waals surface area (Å²) in [5.74, 6) is -0.0143. The quantitative estimate of drug-likeness (QED) is 0.818. The molecule has 0 saturated heterocycles. The van der Waals surface area contributed by atoms with Crippen molar-refractivity contribution in [3.63, 3.8) is 0 Å². The van der Waals surface area contributed by atoms with Crippen molar-refractivity contribution in [3.8, 4) is 0 Å². The fourth-order valence-corrected chi connectivity index (χ4v) is 2.54. The Morgan fingerprint density at radius 1 is 1.26 bits per heavy atom. The summed E-state index contributed by atoms with van der Waals surface area (Å²) in [5.41, 5.74) is 1.24. The number of hydrogen-bond acceptors (Lipinski definition) is 3. The molecule has 1 aromatic carbocycles. The van der Waals surface area contributed by atoms with Crippen molar-refractivity contribution in [1.29, 1.82) is 0 Å². The van der Waals surface area contributed by atoms with Gasteiger partial charge in [0.2, 0.25) is 5.91 Å². The summed E-state index contributed by atoms with van der Waals surface area (Å²) in [4.78, 5) is 23.7. The molecule has 0 radical (unpaired) electrons. The topological polar surface area (TPSA) is 46.2 Å². The minimum Gasteiger partial charge on any atom is -0.326 e. The van der Waals surface area contributed by atoms with E-state index in [4.69, 9.17) is 0 Å². The fraction of sp³-hybridized carbons (Fsp3) is 0.200. The van der Waals surface area contributed by atoms with Crippen LogP contribution < -0.4 is 5.32 Å². The van der Waals surface area contributed by atoms with Gasteiger partial charge >= 0.3 is 0 Å². The molecule has 0 saturated carbocycles. The average Bonchev–Trinajstić information content (AvgIpc) is 2.92. The molecule has 1 N–H and O–H groups in total. The van der Waals surface area contributed by atoms with Crippen molar-refractivity contribution in [2.24, 2.45) is 0 Å². The van der Waals surface area contributed by atoms with Gasteiger partial charge in [-0.25, -0.2) is 0 Å². The number of carbonyl (C=O) groups is 2. The van der Waals surface area contributed by atoms with E-state index in [9.17, 15) is 9.59 Å². The number of anilines is 1. The van der Waals surface area contributed by atoms with Crippen molar-refractivity contribution < 1.29 is 9.59 Å². The number of rotatable bonds is 6. The lowest BCUT2D eigenvalue weighted by Crippen LogP contribution is -2.11. The molecule has 0 aliphatic rings. The maximum Gasteiger partial charge on any atom is 0.224 e. The van der Waals surface area contributed by atoms with Crippen LogP contribution in [0, 0.1) is 0 Å². The Labute approximate surface area is 116 Å². The summed E-state index contributed by atoms with van der Waals surface area (Å²) in [6.07, 6.45) is 3.02. The van der Waals surface area contributed by atoms with Gasteiger partial charge in [0, 0.05) is 22.5 Å². The van der Waals surface area contributed by atoms with Crippen molar-refractivity contribution in [3.05, 3.63) is 52.2 Å². The standard InChI is InChI=1S/C15H15NO2S/c17-11-12-4-1-5-13(10-12)16-15(18)8-2-6-14-7-3-9-19-14/h1,3-5,7,9-11H,2,6,8H2,(H,16,18). The Balaban J connectivity index is 1.78. The maximum absolute atomic E-state index is 11.7. The number of aryl methyl sites for hydroxylation is 1. The molecule has 0 unspecified atom stereocenters. The Bertz CT molecular complexity index is 549. The van der Waals surface area contributed by atoms with E-state index in [2.05, 4.69) is 11.4 Å². The van der Waals surface area contributed by atoms with Crippen LogP contribution in [0.5, 0.6) is 0 Å². The number of hydrogen-bond donors (Lipinski definition) is 1. The minimum atomic E-state index is -0.0143. The van der Waals surface area contributed by atoms with Gasteiger partial charge in [-0.15, -0.1) is 11.3 Å². The predicted molar refractivity (Wildman–Crippen MR) is 77.7 cm³/mol. The van der Waals surface area contributed by atoms with Crippen molar-refractivity contribution in [2.75, 3.05) is 5.32 Å². The van der Waals surface area contributed by atoms with Crippen LogP contribution in [0.1, 0.15) is 28.1 Å². The first-order valence-electron chi connectivity index (χ1n) is 6.15. The summed E-state index contributed by atoms with van der Waals surface area (Å²) in [6, 6.07) is 11.0. The maximum atomic E-state index is 11.7. The molecule has 0 fully saturated rings. The van der Waals surface area contributed by atoms with Crippen molar-refractivity contribution >= 4 is 29.2 Å².